The number of nitrogens with zero attached hydrogens (tertiary/aromatic N) is 1. The van der Waals surface area contributed by atoms with Gasteiger partial charge in [0.05, 0.1) is 10.5 Å². The fourth-order valence-corrected chi connectivity index (χ4v) is 2.24. The zero-order valence-corrected chi connectivity index (χ0v) is 10.2. The molecule has 0 spiro atoms. The maximum Gasteiger partial charge on any atom is 0.339 e. The molecule has 7 heteroatoms. The molecule has 1 aromatic carbocycles. The molecule has 0 aromatic heterocycles. The topological polar surface area (TPSA) is 107 Å². The number of carbonyl (C=O) groups excluding carboxylic acids is 1. The third-order valence-electron chi connectivity index (χ3n) is 3.08. The number of non-ortho nitro benzene ring substituents is 1. The largest absolute Gasteiger partial charge is 0.481 e. The van der Waals surface area contributed by atoms with Crippen molar-refractivity contribution in [2.24, 2.45) is 0 Å². The van der Waals surface area contributed by atoms with Crippen LogP contribution in [0.15, 0.2) is 18.2 Å². The van der Waals surface area contributed by atoms with E-state index >= 15 is 0 Å². The first kappa shape index (κ1) is 13.0. The molecule has 1 heterocycles. The van der Waals surface area contributed by atoms with Gasteiger partial charge < -0.3 is 9.84 Å². The molecular formula is C12H11NO6. The molecule has 1 atom stereocenters. The van der Waals surface area contributed by atoms with Crippen molar-refractivity contribution in [3.05, 3.63) is 39.4 Å². The summed E-state index contributed by atoms with van der Waals surface area (Å²) in [6, 6.07) is 3.53. The summed E-state index contributed by atoms with van der Waals surface area (Å²) in [6.07, 6.45) is 0. The molecule has 0 aliphatic carbocycles. The van der Waals surface area contributed by atoms with Gasteiger partial charge in [0.1, 0.15) is 11.5 Å². The highest BCUT2D eigenvalue weighted by Gasteiger charge is 2.46. The maximum atomic E-state index is 11.8. The van der Waals surface area contributed by atoms with Gasteiger partial charge in [0, 0.05) is 12.1 Å². The molecule has 0 fully saturated rings. The van der Waals surface area contributed by atoms with Gasteiger partial charge in [-0.15, -0.1) is 0 Å². The molecule has 7 nitrogen and oxygen atoms in total. The molecule has 19 heavy (non-hydrogen) atoms. The number of cyclic esters (lactones) is 1. The zero-order chi connectivity index (χ0) is 14.4. The highest BCUT2D eigenvalue weighted by atomic mass is 16.6. The molecule has 1 N–H and O–H groups in total. The molecule has 0 amide bonds. The lowest BCUT2D eigenvalue weighted by Crippen LogP contribution is -2.44. The van der Waals surface area contributed by atoms with Crippen LogP contribution in [0.5, 0.6) is 0 Å². The zero-order valence-electron chi connectivity index (χ0n) is 10.2. The maximum absolute atomic E-state index is 11.8. The molecule has 1 aliphatic heterocycles. The Kier molecular flexibility index (Phi) is 2.77. The number of fused-ring (bicyclic) bond motifs is 1. The summed E-state index contributed by atoms with van der Waals surface area (Å²) < 4.78 is 5.07. The van der Waals surface area contributed by atoms with Crippen LogP contribution < -0.4 is 0 Å². The van der Waals surface area contributed by atoms with Crippen LogP contribution in [-0.2, 0) is 9.53 Å². The standard InChI is InChI=1S/C12H11NO6/c1-12(2)9(10(14)15)7-4-3-6(13(17)18)5-8(7)11(16)19-12/h3-5,9H,1-2H3,(H,14,15). The number of rotatable bonds is 2. The highest BCUT2D eigenvalue weighted by Crippen LogP contribution is 2.39. The molecule has 1 aromatic rings. The Hall–Kier alpha value is -2.44. The van der Waals surface area contributed by atoms with Crippen LogP contribution in [-0.4, -0.2) is 27.6 Å². The summed E-state index contributed by atoms with van der Waals surface area (Å²) in [7, 11) is 0. The second-order valence-electron chi connectivity index (χ2n) is 4.79. The van der Waals surface area contributed by atoms with Gasteiger partial charge >= 0.3 is 11.9 Å². The summed E-state index contributed by atoms with van der Waals surface area (Å²) >= 11 is 0. The van der Waals surface area contributed by atoms with Crippen molar-refractivity contribution >= 4 is 17.6 Å². The number of aliphatic carboxylic acids is 1. The van der Waals surface area contributed by atoms with Crippen LogP contribution >= 0.6 is 0 Å². The van der Waals surface area contributed by atoms with E-state index in [-0.39, 0.29) is 16.8 Å². The van der Waals surface area contributed by atoms with E-state index in [1.165, 1.54) is 26.0 Å². The molecule has 2 rings (SSSR count). The van der Waals surface area contributed by atoms with Crippen molar-refractivity contribution in [1.82, 2.24) is 0 Å². The van der Waals surface area contributed by atoms with E-state index in [1.807, 2.05) is 0 Å². The van der Waals surface area contributed by atoms with Crippen LogP contribution in [0.4, 0.5) is 5.69 Å². The Morgan fingerprint density at radius 3 is 2.63 bits per heavy atom. The van der Waals surface area contributed by atoms with Crippen molar-refractivity contribution in [3.8, 4) is 0 Å². The summed E-state index contributed by atoms with van der Waals surface area (Å²) in [4.78, 5) is 33.2. The van der Waals surface area contributed by atoms with Gasteiger partial charge in [-0.1, -0.05) is 6.07 Å². The molecule has 0 bridgehead atoms. The monoisotopic (exact) mass is 265 g/mol. The number of carboxylic acid groups (broad SMARTS) is 1. The summed E-state index contributed by atoms with van der Waals surface area (Å²) in [6.45, 7) is 2.99. The molecular weight excluding hydrogens is 254 g/mol. The average molecular weight is 265 g/mol. The van der Waals surface area contributed by atoms with Crippen LogP contribution in [0.2, 0.25) is 0 Å². The van der Waals surface area contributed by atoms with Crippen molar-refractivity contribution in [3.63, 3.8) is 0 Å². The van der Waals surface area contributed by atoms with Crippen LogP contribution in [0.25, 0.3) is 0 Å². The van der Waals surface area contributed by atoms with Crippen molar-refractivity contribution in [2.75, 3.05) is 0 Å². The lowest BCUT2D eigenvalue weighted by Gasteiger charge is -2.36. The van der Waals surface area contributed by atoms with E-state index < -0.39 is 28.4 Å². The number of carboxylic acids is 1. The fourth-order valence-electron chi connectivity index (χ4n) is 2.24. The predicted octanol–water partition coefficient (Wildman–Crippen LogP) is 1.71. The molecule has 0 saturated carbocycles. The van der Waals surface area contributed by atoms with E-state index in [0.717, 1.165) is 6.07 Å². The lowest BCUT2D eigenvalue weighted by atomic mass is 9.80. The number of ether oxygens (including phenoxy) is 1. The Morgan fingerprint density at radius 1 is 1.47 bits per heavy atom. The summed E-state index contributed by atoms with van der Waals surface area (Å²) in [5.74, 6) is -2.95. The van der Waals surface area contributed by atoms with Crippen molar-refractivity contribution in [2.45, 2.75) is 25.4 Å². The molecule has 100 valence electrons. The molecule has 0 radical (unpaired) electrons. The first-order chi connectivity index (χ1) is 8.74. The number of nitro benzene ring substituents is 1. The minimum atomic E-state index is -1.20. The fraction of sp³-hybridized carbons (Fsp3) is 0.333. The first-order valence-electron chi connectivity index (χ1n) is 5.48. The molecule has 0 saturated heterocycles. The minimum Gasteiger partial charge on any atom is -0.481 e. The first-order valence-corrected chi connectivity index (χ1v) is 5.48. The SMILES string of the molecule is CC1(C)OC(=O)c2cc([N+](=O)[O-])ccc2C1C(=O)O. The summed E-state index contributed by atoms with van der Waals surface area (Å²) in [5, 5.41) is 19.9. The minimum absolute atomic E-state index is 0.0686. The quantitative estimate of drug-likeness (QED) is 0.495. The normalized spacial score (nSPS) is 20.3. The second kappa shape index (κ2) is 4.04. The number of benzene rings is 1. The average Bonchev–Trinajstić information content (AvgIpc) is 2.26. The highest BCUT2D eigenvalue weighted by molar-refractivity contribution is 5.97. The smallest absolute Gasteiger partial charge is 0.339 e. The van der Waals surface area contributed by atoms with E-state index in [1.54, 1.807) is 0 Å². The van der Waals surface area contributed by atoms with Gasteiger partial charge in [0.25, 0.3) is 5.69 Å². The molecule has 1 unspecified atom stereocenters. The third-order valence-corrected chi connectivity index (χ3v) is 3.08. The Balaban J connectivity index is 2.65. The third kappa shape index (κ3) is 2.03. The van der Waals surface area contributed by atoms with Crippen molar-refractivity contribution < 1.29 is 24.4 Å². The predicted molar refractivity (Wildman–Crippen MR) is 63.0 cm³/mol. The molecule has 1 aliphatic rings. The van der Waals surface area contributed by atoms with Gasteiger partial charge in [-0.05, 0) is 19.4 Å². The van der Waals surface area contributed by atoms with E-state index in [9.17, 15) is 24.8 Å². The number of carbonyl (C=O) groups is 2. The summed E-state index contributed by atoms with van der Waals surface area (Å²) in [5.41, 5.74) is -1.31. The van der Waals surface area contributed by atoms with E-state index in [0.29, 0.717) is 0 Å². The Morgan fingerprint density at radius 2 is 2.11 bits per heavy atom. The number of nitro groups is 1. The van der Waals surface area contributed by atoms with Gasteiger partial charge in [-0.25, -0.2) is 4.79 Å². The van der Waals surface area contributed by atoms with Gasteiger partial charge in [-0.2, -0.15) is 0 Å². The lowest BCUT2D eigenvalue weighted by molar-refractivity contribution is -0.384. The van der Waals surface area contributed by atoms with Gasteiger partial charge in [0.15, 0.2) is 0 Å². The number of esters is 1. The Labute approximate surface area is 107 Å². The second-order valence-corrected chi connectivity index (χ2v) is 4.79. The van der Waals surface area contributed by atoms with Gasteiger partial charge in [-0.3, -0.25) is 14.9 Å². The number of hydrogen-bond acceptors (Lipinski definition) is 5. The van der Waals surface area contributed by atoms with Crippen molar-refractivity contribution in [1.29, 1.82) is 0 Å². The van der Waals surface area contributed by atoms with Crippen LogP contribution in [0, 0.1) is 10.1 Å². The Bertz CT molecular complexity index is 592. The van der Waals surface area contributed by atoms with Gasteiger partial charge in [0.2, 0.25) is 0 Å². The van der Waals surface area contributed by atoms with E-state index in [2.05, 4.69) is 0 Å². The number of hydrogen-bond donors (Lipinski definition) is 1. The van der Waals surface area contributed by atoms with Crippen LogP contribution in [0.3, 0.4) is 0 Å². The van der Waals surface area contributed by atoms with E-state index in [4.69, 9.17) is 4.74 Å². The van der Waals surface area contributed by atoms with Crippen LogP contribution in [0.1, 0.15) is 35.7 Å².